The van der Waals surface area contributed by atoms with Crippen LogP contribution in [0.2, 0.25) is 0 Å². The highest BCUT2D eigenvalue weighted by Crippen LogP contribution is 2.23. The van der Waals surface area contributed by atoms with E-state index in [2.05, 4.69) is 59.4 Å². The quantitative estimate of drug-likeness (QED) is 0.537. The van der Waals surface area contributed by atoms with Crippen LogP contribution in [0.25, 0.3) is 0 Å². The maximum Gasteiger partial charge on any atom is 0.165 e. The molecule has 1 aliphatic rings. The molecule has 4 heteroatoms. The van der Waals surface area contributed by atoms with Gasteiger partial charge in [0.1, 0.15) is 6.33 Å². The second-order valence-electron chi connectivity index (χ2n) is 5.80. The number of aromatic nitrogens is 2. The molecule has 0 atom stereocenters. The van der Waals surface area contributed by atoms with Crippen LogP contribution in [0, 0.1) is 6.92 Å². The summed E-state index contributed by atoms with van der Waals surface area (Å²) in [5, 5.41) is 7.05. The molecule has 0 bridgehead atoms. The summed E-state index contributed by atoms with van der Waals surface area (Å²) in [7, 11) is 0. The summed E-state index contributed by atoms with van der Waals surface area (Å²) >= 11 is 0. The van der Waals surface area contributed by atoms with Gasteiger partial charge in [-0.25, -0.2) is 4.98 Å². The standard InChI is InChI=1S/C19H18N4/c1-15-6-2-5-9-18(15)19(22-11-10-20-14-22)21-23-12-16-7-3-4-8-17(16)13-23/h2-11,14H,12-13H2,1H3/b21-19-. The van der Waals surface area contributed by atoms with Crippen LogP contribution in [0.3, 0.4) is 0 Å². The van der Waals surface area contributed by atoms with Crippen molar-refractivity contribution < 1.29 is 0 Å². The van der Waals surface area contributed by atoms with Gasteiger partial charge in [-0.1, -0.05) is 48.5 Å². The maximum atomic E-state index is 4.94. The first kappa shape index (κ1) is 13.8. The van der Waals surface area contributed by atoms with E-state index in [0.717, 1.165) is 24.5 Å². The van der Waals surface area contributed by atoms with Gasteiger partial charge in [-0.15, -0.1) is 0 Å². The second-order valence-corrected chi connectivity index (χ2v) is 5.80. The van der Waals surface area contributed by atoms with Gasteiger partial charge in [0.05, 0.1) is 13.1 Å². The van der Waals surface area contributed by atoms with E-state index < -0.39 is 0 Å². The average molecular weight is 302 g/mol. The molecule has 0 N–H and O–H groups in total. The largest absolute Gasteiger partial charge is 0.289 e. The third-order valence-corrected chi connectivity index (χ3v) is 4.20. The van der Waals surface area contributed by atoms with Crippen LogP contribution in [0.15, 0.2) is 72.4 Å². The molecule has 0 aliphatic carbocycles. The Labute approximate surface area is 135 Å². The van der Waals surface area contributed by atoms with Crippen LogP contribution >= 0.6 is 0 Å². The minimum absolute atomic E-state index is 0.847. The lowest BCUT2D eigenvalue weighted by atomic mass is 10.1. The van der Waals surface area contributed by atoms with Gasteiger partial charge in [-0.3, -0.25) is 9.58 Å². The molecule has 0 spiro atoms. The Balaban J connectivity index is 1.74. The van der Waals surface area contributed by atoms with Gasteiger partial charge in [0.2, 0.25) is 0 Å². The monoisotopic (exact) mass is 302 g/mol. The van der Waals surface area contributed by atoms with Crippen molar-refractivity contribution in [2.45, 2.75) is 20.0 Å². The van der Waals surface area contributed by atoms with Crippen molar-refractivity contribution in [1.82, 2.24) is 14.6 Å². The van der Waals surface area contributed by atoms with Crippen molar-refractivity contribution in [1.29, 1.82) is 0 Å². The van der Waals surface area contributed by atoms with Crippen LogP contribution < -0.4 is 0 Å². The molecule has 4 nitrogen and oxygen atoms in total. The van der Waals surface area contributed by atoms with Crippen LogP contribution in [0.4, 0.5) is 0 Å². The Hall–Kier alpha value is -2.88. The first-order valence-corrected chi connectivity index (χ1v) is 7.76. The SMILES string of the molecule is Cc1ccccc1/C(=N/N1Cc2ccccc2C1)n1ccnc1. The molecule has 2 aromatic carbocycles. The highest BCUT2D eigenvalue weighted by Gasteiger charge is 2.18. The predicted molar refractivity (Wildman–Crippen MR) is 91.0 cm³/mol. The fourth-order valence-corrected chi connectivity index (χ4v) is 2.97. The number of nitrogens with zero attached hydrogens (tertiary/aromatic N) is 4. The third kappa shape index (κ3) is 2.63. The Bertz CT molecular complexity index is 824. The van der Waals surface area contributed by atoms with Gasteiger partial charge < -0.3 is 0 Å². The highest BCUT2D eigenvalue weighted by atomic mass is 15.5. The fraction of sp³-hybridized carbons (Fsp3) is 0.158. The number of imidazole rings is 1. The van der Waals surface area contributed by atoms with Gasteiger partial charge in [0, 0.05) is 18.0 Å². The van der Waals surface area contributed by atoms with E-state index in [4.69, 9.17) is 5.10 Å². The van der Waals surface area contributed by atoms with E-state index in [-0.39, 0.29) is 0 Å². The fourth-order valence-electron chi connectivity index (χ4n) is 2.97. The van der Waals surface area contributed by atoms with E-state index in [1.165, 1.54) is 16.7 Å². The van der Waals surface area contributed by atoms with Crippen molar-refractivity contribution in [3.8, 4) is 0 Å². The van der Waals surface area contributed by atoms with Crippen LogP contribution in [-0.4, -0.2) is 20.4 Å². The summed E-state index contributed by atoms with van der Waals surface area (Å²) in [4.78, 5) is 4.18. The summed E-state index contributed by atoms with van der Waals surface area (Å²) in [6, 6.07) is 16.8. The number of hydrogen-bond donors (Lipinski definition) is 0. The van der Waals surface area contributed by atoms with Gasteiger partial charge in [-0.05, 0) is 23.6 Å². The Kier molecular flexibility index (Phi) is 3.42. The molecule has 23 heavy (non-hydrogen) atoms. The van der Waals surface area contributed by atoms with Crippen molar-refractivity contribution >= 4 is 5.84 Å². The zero-order valence-corrected chi connectivity index (χ0v) is 13.1. The lowest BCUT2D eigenvalue weighted by Crippen LogP contribution is -2.19. The molecular weight excluding hydrogens is 284 g/mol. The molecule has 1 aromatic heterocycles. The van der Waals surface area contributed by atoms with E-state index in [9.17, 15) is 0 Å². The van der Waals surface area contributed by atoms with Gasteiger partial charge >= 0.3 is 0 Å². The van der Waals surface area contributed by atoms with Crippen molar-refractivity contribution in [3.05, 3.63) is 89.5 Å². The molecular formula is C19H18N4. The zero-order valence-electron chi connectivity index (χ0n) is 13.1. The number of benzene rings is 2. The summed E-state index contributed by atoms with van der Waals surface area (Å²) in [6.45, 7) is 3.81. The van der Waals surface area contributed by atoms with Crippen LogP contribution in [-0.2, 0) is 13.1 Å². The number of rotatable bonds is 2. The van der Waals surface area contributed by atoms with Crippen LogP contribution in [0.1, 0.15) is 22.3 Å². The molecule has 3 aromatic rings. The first-order chi connectivity index (χ1) is 11.3. The van der Waals surface area contributed by atoms with Gasteiger partial charge in [0.25, 0.3) is 0 Å². The Morgan fingerprint density at radius 2 is 1.70 bits per heavy atom. The van der Waals surface area contributed by atoms with E-state index in [1.807, 2.05) is 16.8 Å². The average Bonchev–Trinajstić information content (AvgIpc) is 3.22. The summed E-state index contributed by atoms with van der Waals surface area (Å²) in [5.41, 5.74) is 5.04. The number of fused-ring (bicyclic) bond motifs is 1. The normalized spacial score (nSPS) is 14.1. The van der Waals surface area contributed by atoms with Crippen molar-refractivity contribution in [2.24, 2.45) is 5.10 Å². The number of aryl methyl sites for hydroxylation is 1. The topological polar surface area (TPSA) is 33.4 Å². The highest BCUT2D eigenvalue weighted by molar-refractivity contribution is 6.01. The van der Waals surface area contributed by atoms with Gasteiger partial charge in [0.15, 0.2) is 5.84 Å². The van der Waals surface area contributed by atoms with Crippen LogP contribution in [0.5, 0.6) is 0 Å². The summed E-state index contributed by atoms with van der Waals surface area (Å²) in [5.74, 6) is 0.911. The summed E-state index contributed by atoms with van der Waals surface area (Å²) in [6.07, 6.45) is 5.52. The number of hydrazone groups is 1. The molecule has 2 heterocycles. The molecule has 0 saturated carbocycles. The Morgan fingerprint density at radius 1 is 1.00 bits per heavy atom. The van der Waals surface area contributed by atoms with Crippen molar-refractivity contribution in [2.75, 3.05) is 0 Å². The molecule has 114 valence electrons. The lowest BCUT2D eigenvalue weighted by molar-refractivity contribution is 0.299. The third-order valence-electron chi connectivity index (χ3n) is 4.20. The second kappa shape index (κ2) is 5.72. The lowest BCUT2D eigenvalue weighted by Gasteiger charge is -2.16. The van der Waals surface area contributed by atoms with Gasteiger partial charge in [-0.2, -0.15) is 5.10 Å². The zero-order chi connectivity index (χ0) is 15.6. The summed E-state index contributed by atoms with van der Waals surface area (Å²) < 4.78 is 1.98. The molecule has 0 fully saturated rings. The molecule has 1 aliphatic heterocycles. The van der Waals surface area contributed by atoms with Crippen molar-refractivity contribution in [3.63, 3.8) is 0 Å². The molecule has 0 saturated heterocycles. The smallest absolute Gasteiger partial charge is 0.165 e. The number of hydrogen-bond acceptors (Lipinski definition) is 3. The molecule has 0 radical (unpaired) electrons. The van der Waals surface area contributed by atoms with E-state index >= 15 is 0 Å². The first-order valence-electron chi connectivity index (χ1n) is 7.76. The Morgan fingerprint density at radius 3 is 2.35 bits per heavy atom. The minimum atomic E-state index is 0.847. The van der Waals surface area contributed by atoms with E-state index in [0.29, 0.717) is 0 Å². The minimum Gasteiger partial charge on any atom is -0.289 e. The molecule has 0 unspecified atom stereocenters. The molecule has 4 rings (SSSR count). The molecule has 0 amide bonds. The predicted octanol–water partition coefficient (Wildman–Crippen LogP) is 3.42. The van der Waals surface area contributed by atoms with E-state index in [1.54, 1.807) is 12.5 Å². The maximum absolute atomic E-state index is 4.94.